The summed E-state index contributed by atoms with van der Waals surface area (Å²) in [5.41, 5.74) is 3.21. The van der Waals surface area contributed by atoms with Crippen LogP contribution in [0.2, 0.25) is 0 Å². The molecule has 0 amide bonds. The standard InChI is InChI=1S/C15H15NO3/c1-11-6-7-14(16(17)18)10-13(11)8-12-4-3-5-15(9-12)19-2/h3-7,9-10H,8H2,1-2H3. The highest BCUT2D eigenvalue weighted by Gasteiger charge is 2.09. The molecule has 0 aromatic heterocycles. The average molecular weight is 257 g/mol. The number of hydrogen-bond acceptors (Lipinski definition) is 3. The van der Waals surface area contributed by atoms with Crippen molar-refractivity contribution in [2.75, 3.05) is 7.11 Å². The van der Waals surface area contributed by atoms with Crippen molar-refractivity contribution < 1.29 is 9.66 Å². The first-order valence-electron chi connectivity index (χ1n) is 5.97. The molecule has 2 rings (SSSR count). The molecular weight excluding hydrogens is 242 g/mol. The van der Waals surface area contributed by atoms with Gasteiger partial charge in [-0.1, -0.05) is 18.2 Å². The van der Waals surface area contributed by atoms with Crippen molar-refractivity contribution >= 4 is 5.69 Å². The van der Waals surface area contributed by atoms with E-state index in [-0.39, 0.29) is 10.6 Å². The first kappa shape index (κ1) is 13.1. The van der Waals surface area contributed by atoms with Crippen molar-refractivity contribution in [3.63, 3.8) is 0 Å². The summed E-state index contributed by atoms with van der Waals surface area (Å²) in [6, 6.07) is 12.7. The lowest BCUT2D eigenvalue weighted by Gasteiger charge is -2.07. The van der Waals surface area contributed by atoms with Crippen molar-refractivity contribution in [1.82, 2.24) is 0 Å². The lowest BCUT2D eigenvalue weighted by atomic mass is 10.00. The Balaban J connectivity index is 2.31. The van der Waals surface area contributed by atoms with Crippen molar-refractivity contribution in [3.8, 4) is 5.75 Å². The molecule has 0 bridgehead atoms. The predicted octanol–water partition coefficient (Wildman–Crippen LogP) is 3.50. The summed E-state index contributed by atoms with van der Waals surface area (Å²) in [4.78, 5) is 10.4. The van der Waals surface area contributed by atoms with E-state index in [1.54, 1.807) is 19.2 Å². The molecule has 0 saturated heterocycles. The number of aryl methyl sites for hydroxylation is 1. The third kappa shape index (κ3) is 3.10. The number of nitro groups is 1. The second kappa shape index (κ2) is 5.52. The molecule has 4 nitrogen and oxygen atoms in total. The summed E-state index contributed by atoms with van der Waals surface area (Å²) >= 11 is 0. The summed E-state index contributed by atoms with van der Waals surface area (Å²) in [5, 5.41) is 10.8. The molecule has 2 aromatic rings. The van der Waals surface area contributed by atoms with E-state index >= 15 is 0 Å². The minimum Gasteiger partial charge on any atom is -0.497 e. The van der Waals surface area contributed by atoms with Crippen LogP contribution in [0.15, 0.2) is 42.5 Å². The fourth-order valence-corrected chi connectivity index (χ4v) is 1.96. The van der Waals surface area contributed by atoms with Crippen LogP contribution in [-0.2, 0) is 6.42 Å². The average Bonchev–Trinajstić information content (AvgIpc) is 2.41. The molecule has 0 unspecified atom stereocenters. The summed E-state index contributed by atoms with van der Waals surface area (Å²) in [6.45, 7) is 1.96. The highest BCUT2D eigenvalue weighted by molar-refractivity contribution is 5.42. The highest BCUT2D eigenvalue weighted by Crippen LogP contribution is 2.22. The predicted molar refractivity (Wildman–Crippen MR) is 73.6 cm³/mol. The smallest absolute Gasteiger partial charge is 0.269 e. The first-order chi connectivity index (χ1) is 9.10. The number of nitrogens with zero attached hydrogens (tertiary/aromatic N) is 1. The Morgan fingerprint density at radius 1 is 1.21 bits per heavy atom. The Hall–Kier alpha value is -2.36. The van der Waals surface area contributed by atoms with Gasteiger partial charge in [0.05, 0.1) is 12.0 Å². The van der Waals surface area contributed by atoms with Gasteiger partial charge in [0.1, 0.15) is 5.75 Å². The first-order valence-corrected chi connectivity index (χ1v) is 5.97. The van der Waals surface area contributed by atoms with Crippen LogP contribution < -0.4 is 4.74 Å². The van der Waals surface area contributed by atoms with Gasteiger partial charge in [0, 0.05) is 12.1 Å². The van der Waals surface area contributed by atoms with E-state index in [4.69, 9.17) is 4.74 Å². The van der Waals surface area contributed by atoms with E-state index in [0.29, 0.717) is 6.42 Å². The van der Waals surface area contributed by atoms with Gasteiger partial charge in [-0.25, -0.2) is 0 Å². The van der Waals surface area contributed by atoms with Gasteiger partial charge in [-0.2, -0.15) is 0 Å². The van der Waals surface area contributed by atoms with Gasteiger partial charge in [-0.3, -0.25) is 10.1 Å². The second-order valence-electron chi connectivity index (χ2n) is 4.40. The fraction of sp³-hybridized carbons (Fsp3) is 0.200. The van der Waals surface area contributed by atoms with E-state index in [9.17, 15) is 10.1 Å². The summed E-state index contributed by atoms with van der Waals surface area (Å²) in [5.74, 6) is 0.792. The summed E-state index contributed by atoms with van der Waals surface area (Å²) in [6.07, 6.45) is 0.657. The maximum Gasteiger partial charge on any atom is 0.269 e. The van der Waals surface area contributed by atoms with E-state index in [0.717, 1.165) is 22.4 Å². The number of benzene rings is 2. The zero-order valence-electron chi connectivity index (χ0n) is 10.9. The number of methoxy groups -OCH3 is 1. The van der Waals surface area contributed by atoms with E-state index in [1.165, 1.54) is 6.07 Å². The number of nitro benzene ring substituents is 1. The topological polar surface area (TPSA) is 52.4 Å². The molecule has 0 fully saturated rings. The van der Waals surface area contributed by atoms with Crippen molar-refractivity contribution in [2.24, 2.45) is 0 Å². The lowest BCUT2D eigenvalue weighted by Crippen LogP contribution is -1.95. The third-order valence-electron chi connectivity index (χ3n) is 3.07. The Labute approximate surface area is 111 Å². The van der Waals surface area contributed by atoms with Gasteiger partial charge in [0.2, 0.25) is 0 Å². The molecular formula is C15H15NO3. The van der Waals surface area contributed by atoms with Gasteiger partial charge in [-0.15, -0.1) is 0 Å². The number of non-ortho nitro benzene ring substituents is 1. The monoisotopic (exact) mass is 257 g/mol. The second-order valence-corrected chi connectivity index (χ2v) is 4.40. The Morgan fingerprint density at radius 3 is 2.68 bits per heavy atom. The maximum atomic E-state index is 10.8. The molecule has 4 heteroatoms. The molecule has 98 valence electrons. The van der Waals surface area contributed by atoms with Crippen LogP contribution in [0.4, 0.5) is 5.69 Å². The molecule has 0 aliphatic heterocycles. The quantitative estimate of drug-likeness (QED) is 0.622. The van der Waals surface area contributed by atoms with E-state index in [1.807, 2.05) is 31.2 Å². The van der Waals surface area contributed by atoms with Gasteiger partial charge in [0.15, 0.2) is 0 Å². The normalized spacial score (nSPS) is 10.2. The van der Waals surface area contributed by atoms with Crippen molar-refractivity contribution in [3.05, 3.63) is 69.3 Å². The van der Waals surface area contributed by atoms with E-state index in [2.05, 4.69) is 0 Å². The molecule has 2 aromatic carbocycles. The lowest BCUT2D eigenvalue weighted by molar-refractivity contribution is -0.384. The Bertz CT molecular complexity index is 608. The molecule has 0 atom stereocenters. The largest absolute Gasteiger partial charge is 0.497 e. The van der Waals surface area contributed by atoms with E-state index < -0.39 is 0 Å². The molecule has 0 heterocycles. The van der Waals surface area contributed by atoms with Crippen LogP contribution in [0.25, 0.3) is 0 Å². The fourth-order valence-electron chi connectivity index (χ4n) is 1.96. The van der Waals surface area contributed by atoms with Crippen molar-refractivity contribution in [2.45, 2.75) is 13.3 Å². The molecule has 0 N–H and O–H groups in total. The zero-order valence-corrected chi connectivity index (χ0v) is 10.9. The molecule has 19 heavy (non-hydrogen) atoms. The number of rotatable bonds is 4. The van der Waals surface area contributed by atoms with Gasteiger partial charge < -0.3 is 4.74 Å². The minimum atomic E-state index is -0.367. The van der Waals surface area contributed by atoms with Gasteiger partial charge >= 0.3 is 0 Å². The van der Waals surface area contributed by atoms with Crippen molar-refractivity contribution in [1.29, 1.82) is 0 Å². The molecule has 0 spiro atoms. The highest BCUT2D eigenvalue weighted by atomic mass is 16.6. The van der Waals surface area contributed by atoms with Gasteiger partial charge in [-0.05, 0) is 42.2 Å². The minimum absolute atomic E-state index is 0.128. The number of ether oxygens (including phenoxy) is 1. The third-order valence-corrected chi connectivity index (χ3v) is 3.07. The van der Waals surface area contributed by atoms with Crippen LogP contribution in [0.1, 0.15) is 16.7 Å². The SMILES string of the molecule is COc1cccc(Cc2cc([N+](=O)[O-])ccc2C)c1. The summed E-state index contributed by atoms with van der Waals surface area (Å²) < 4.78 is 5.18. The van der Waals surface area contributed by atoms with Crippen LogP contribution in [0, 0.1) is 17.0 Å². The van der Waals surface area contributed by atoms with Crippen LogP contribution in [-0.4, -0.2) is 12.0 Å². The van der Waals surface area contributed by atoms with Gasteiger partial charge in [0.25, 0.3) is 5.69 Å². The molecule has 0 aliphatic rings. The number of hydrogen-bond donors (Lipinski definition) is 0. The Kier molecular flexibility index (Phi) is 3.80. The molecule has 0 radical (unpaired) electrons. The van der Waals surface area contributed by atoms with Crippen LogP contribution in [0.5, 0.6) is 5.75 Å². The molecule has 0 aliphatic carbocycles. The Morgan fingerprint density at radius 2 is 2.00 bits per heavy atom. The molecule has 0 saturated carbocycles. The maximum absolute atomic E-state index is 10.8. The van der Waals surface area contributed by atoms with Crippen LogP contribution in [0.3, 0.4) is 0 Å². The summed E-state index contributed by atoms with van der Waals surface area (Å²) in [7, 11) is 1.62. The zero-order chi connectivity index (χ0) is 13.8. The van der Waals surface area contributed by atoms with Crippen LogP contribution >= 0.6 is 0 Å².